The predicted molar refractivity (Wildman–Crippen MR) is 56.8 cm³/mol. The Morgan fingerprint density at radius 1 is 1.07 bits per heavy atom. The maximum Gasteiger partial charge on any atom is 0.274 e. The van der Waals surface area contributed by atoms with Crippen LogP contribution < -0.4 is 5.56 Å². The van der Waals surface area contributed by atoms with Gasteiger partial charge in [-0.25, -0.2) is 4.98 Å². The second-order valence-electron chi connectivity index (χ2n) is 3.27. The third-order valence-electron chi connectivity index (χ3n) is 2.25. The largest absolute Gasteiger partial charge is 0.292 e. The Morgan fingerprint density at radius 3 is 2.87 bits per heavy atom. The van der Waals surface area contributed by atoms with Crippen molar-refractivity contribution in [2.24, 2.45) is 0 Å². The molecule has 0 unspecified atom stereocenters. The molecule has 0 N–H and O–H groups in total. The Balaban J connectivity index is 2.53. The number of hydrogen-bond donors (Lipinski definition) is 0. The van der Waals surface area contributed by atoms with E-state index in [-0.39, 0.29) is 5.56 Å². The van der Waals surface area contributed by atoms with Crippen LogP contribution in [0.1, 0.15) is 0 Å². The monoisotopic (exact) mass is 197 g/mol. The average molecular weight is 197 g/mol. The average Bonchev–Trinajstić information content (AvgIpc) is 2.26. The highest BCUT2D eigenvalue weighted by Crippen LogP contribution is 2.10. The quantitative estimate of drug-likeness (QED) is 0.509. The molecule has 72 valence electrons. The number of rotatable bonds is 0. The van der Waals surface area contributed by atoms with E-state index >= 15 is 0 Å². The van der Waals surface area contributed by atoms with Crippen LogP contribution in [0.3, 0.4) is 0 Å². The Bertz CT molecular complexity index is 703. The zero-order valence-corrected chi connectivity index (χ0v) is 7.79. The van der Waals surface area contributed by atoms with Crippen LogP contribution in [0.15, 0.2) is 47.5 Å². The van der Waals surface area contributed by atoms with Crippen molar-refractivity contribution in [3.8, 4) is 0 Å². The van der Waals surface area contributed by atoms with E-state index in [1.165, 1.54) is 6.07 Å². The third-order valence-corrected chi connectivity index (χ3v) is 2.25. The summed E-state index contributed by atoms with van der Waals surface area (Å²) in [6.07, 6.45) is 3.58. The van der Waals surface area contributed by atoms with Crippen LogP contribution >= 0.6 is 0 Å². The highest BCUT2D eigenvalue weighted by molar-refractivity contribution is 5.78. The molecule has 3 rings (SSSR count). The number of hydrogen-bond acceptors (Lipinski definition) is 3. The predicted octanol–water partition coefficient (Wildman–Crippen LogP) is 1.24. The molecule has 0 aliphatic carbocycles. The molecule has 0 atom stereocenters. The Hall–Kier alpha value is -2.23. The molecule has 4 nitrogen and oxygen atoms in total. The second-order valence-corrected chi connectivity index (χ2v) is 3.27. The fourth-order valence-corrected chi connectivity index (χ4v) is 1.54. The van der Waals surface area contributed by atoms with E-state index in [0.717, 1.165) is 10.9 Å². The zero-order valence-electron chi connectivity index (χ0n) is 7.79. The Morgan fingerprint density at radius 2 is 1.93 bits per heavy atom. The van der Waals surface area contributed by atoms with Gasteiger partial charge < -0.3 is 0 Å². The van der Waals surface area contributed by atoms with E-state index in [4.69, 9.17) is 0 Å². The first-order valence-electron chi connectivity index (χ1n) is 4.58. The molecule has 0 saturated carbocycles. The van der Waals surface area contributed by atoms with Gasteiger partial charge in [-0.05, 0) is 6.07 Å². The highest BCUT2D eigenvalue weighted by atomic mass is 16.1. The molecule has 2 heterocycles. The fourth-order valence-electron chi connectivity index (χ4n) is 1.54. The summed E-state index contributed by atoms with van der Waals surface area (Å²) in [4.78, 5) is 19.2. The smallest absolute Gasteiger partial charge is 0.274 e. The Labute approximate surface area is 84.8 Å². The summed E-state index contributed by atoms with van der Waals surface area (Å²) in [5, 5.41) is 1.02. The highest BCUT2D eigenvalue weighted by Gasteiger charge is 1.98. The van der Waals surface area contributed by atoms with Gasteiger partial charge >= 0.3 is 0 Å². The van der Waals surface area contributed by atoms with Gasteiger partial charge in [0, 0.05) is 23.8 Å². The first-order valence-corrected chi connectivity index (χ1v) is 4.58. The molecule has 0 spiro atoms. The van der Waals surface area contributed by atoms with Crippen molar-refractivity contribution in [1.29, 1.82) is 0 Å². The van der Waals surface area contributed by atoms with E-state index in [0.29, 0.717) is 5.78 Å². The molecule has 2 aromatic heterocycles. The molecule has 0 bridgehead atoms. The lowest BCUT2D eigenvalue weighted by molar-refractivity contribution is 1.04. The van der Waals surface area contributed by atoms with E-state index in [1.54, 1.807) is 10.6 Å². The van der Waals surface area contributed by atoms with Gasteiger partial charge in [0.25, 0.3) is 5.56 Å². The first-order chi connectivity index (χ1) is 7.33. The number of nitrogens with zero attached hydrogens (tertiary/aromatic N) is 3. The lowest BCUT2D eigenvalue weighted by Crippen LogP contribution is -2.08. The van der Waals surface area contributed by atoms with Gasteiger partial charge in [0.15, 0.2) is 0 Å². The summed E-state index contributed by atoms with van der Waals surface area (Å²) in [6, 6.07) is 9.15. The van der Waals surface area contributed by atoms with Crippen LogP contribution in [-0.2, 0) is 0 Å². The topological polar surface area (TPSA) is 47.3 Å². The number of para-hydroxylation sites is 1. The molecule has 0 radical (unpaired) electrons. The maximum atomic E-state index is 11.1. The summed E-state index contributed by atoms with van der Waals surface area (Å²) in [5.74, 6) is 0.432. The second kappa shape index (κ2) is 2.88. The van der Waals surface area contributed by atoms with Gasteiger partial charge in [-0.2, -0.15) is 4.98 Å². The summed E-state index contributed by atoms with van der Waals surface area (Å²) in [6.45, 7) is 0. The molecular weight excluding hydrogens is 190 g/mol. The molecule has 0 aliphatic rings. The molecule has 3 aromatic rings. The molecule has 4 heteroatoms. The van der Waals surface area contributed by atoms with Crippen molar-refractivity contribution in [2.75, 3.05) is 0 Å². The zero-order chi connectivity index (χ0) is 10.3. The molecule has 0 fully saturated rings. The first kappa shape index (κ1) is 8.11. The van der Waals surface area contributed by atoms with Crippen molar-refractivity contribution in [3.63, 3.8) is 0 Å². The van der Waals surface area contributed by atoms with Gasteiger partial charge in [0.2, 0.25) is 5.78 Å². The number of fused-ring (bicyclic) bond motifs is 2. The summed E-state index contributed by atoms with van der Waals surface area (Å²) in [7, 11) is 0. The van der Waals surface area contributed by atoms with Gasteiger partial charge in [-0.1, -0.05) is 18.2 Å². The van der Waals surface area contributed by atoms with Crippen molar-refractivity contribution in [2.45, 2.75) is 0 Å². The van der Waals surface area contributed by atoms with Crippen LogP contribution in [0.4, 0.5) is 0 Å². The SMILES string of the molecule is O=c1ccn2cc3ccccc3nc2n1. The molecule has 1 aromatic carbocycles. The lowest BCUT2D eigenvalue weighted by atomic mass is 10.2. The minimum Gasteiger partial charge on any atom is -0.292 e. The molecule has 0 aliphatic heterocycles. The third kappa shape index (κ3) is 1.27. The van der Waals surface area contributed by atoms with Gasteiger partial charge in [0.1, 0.15) is 0 Å². The van der Waals surface area contributed by atoms with Crippen molar-refractivity contribution in [1.82, 2.24) is 14.4 Å². The van der Waals surface area contributed by atoms with E-state index in [1.807, 2.05) is 30.5 Å². The summed E-state index contributed by atoms with van der Waals surface area (Å²) < 4.78 is 1.74. The lowest BCUT2D eigenvalue weighted by Gasteiger charge is -2.01. The van der Waals surface area contributed by atoms with Crippen LogP contribution in [0, 0.1) is 0 Å². The maximum absolute atomic E-state index is 11.1. The molecule has 15 heavy (non-hydrogen) atoms. The summed E-state index contributed by atoms with van der Waals surface area (Å²) >= 11 is 0. The molecular formula is C11H7N3O. The normalized spacial score (nSPS) is 10.9. The Kier molecular flexibility index (Phi) is 1.56. The van der Waals surface area contributed by atoms with Gasteiger partial charge in [-0.3, -0.25) is 9.20 Å². The molecule has 0 amide bonds. The summed E-state index contributed by atoms with van der Waals surface area (Å²) in [5.41, 5.74) is 0.577. The fraction of sp³-hybridized carbons (Fsp3) is 0. The van der Waals surface area contributed by atoms with Gasteiger partial charge in [-0.15, -0.1) is 0 Å². The van der Waals surface area contributed by atoms with E-state index in [9.17, 15) is 4.79 Å². The number of benzene rings is 1. The van der Waals surface area contributed by atoms with Gasteiger partial charge in [0.05, 0.1) is 5.52 Å². The number of aromatic nitrogens is 3. The van der Waals surface area contributed by atoms with E-state index in [2.05, 4.69) is 9.97 Å². The van der Waals surface area contributed by atoms with Crippen LogP contribution in [0.25, 0.3) is 16.7 Å². The standard InChI is InChI=1S/C11H7N3O/c15-10-5-6-14-7-8-3-1-2-4-9(8)12-11(14)13-10/h1-7H. The van der Waals surface area contributed by atoms with Crippen LogP contribution in [0.2, 0.25) is 0 Å². The van der Waals surface area contributed by atoms with Crippen LogP contribution in [0.5, 0.6) is 0 Å². The van der Waals surface area contributed by atoms with Crippen molar-refractivity contribution >= 4 is 16.7 Å². The minimum absolute atomic E-state index is 0.266. The minimum atomic E-state index is -0.266. The van der Waals surface area contributed by atoms with E-state index < -0.39 is 0 Å². The molecule has 0 saturated heterocycles. The van der Waals surface area contributed by atoms with Crippen molar-refractivity contribution in [3.05, 3.63) is 53.1 Å². The van der Waals surface area contributed by atoms with Crippen molar-refractivity contribution < 1.29 is 0 Å². The van der Waals surface area contributed by atoms with Crippen LogP contribution in [-0.4, -0.2) is 14.4 Å².